The van der Waals surface area contributed by atoms with Crippen molar-refractivity contribution in [1.82, 2.24) is 0 Å². The molecule has 1 aliphatic carbocycles. The van der Waals surface area contributed by atoms with E-state index in [-0.39, 0.29) is 24.0 Å². The molecule has 0 saturated carbocycles. The Morgan fingerprint density at radius 2 is 1.70 bits per heavy atom. The van der Waals surface area contributed by atoms with Crippen molar-refractivity contribution in [2.75, 3.05) is 4.90 Å². The topological polar surface area (TPSA) is 37.4 Å². The fraction of sp³-hybridized carbons (Fsp3) is 0.238. The summed E-state index contributed by atoms with van der Waals surface area (Å²) >= 11 is 15.6. The zero-order valence-corrected chi connectivity index (χ0v) is 17.4. The van der Waals surface area contributed by atoms with Crippen LogP contribution in [0.3, 0.4) is 0 Å². The highest BCUT2D eigenvalue weighted by Crippen LogP contribution is 2.44. The Hall–Kier alpha value is -1.62. The molecule has 2 aliphatic rings. The molecule has 2 aromatic rings. The highest BCUT2D eigenvalue weighted by atomic mass is 79.9. The van der Waals surface area contributed by atoms with Gasteiger partial charge in [0.1, 0.15) is 0 Å². The minimum Gasteiger partial charge on any atom is -0.294 e. The van der Waals surface area contributed by atoms with E-state index in [9.17, 15) is 9.59 Å². The highest BCUT2D eigenvalue weighted by molar-refractivity contribution is 9.10. The second-order valence-corrected chi connectivity index (χ2v) is 8.50. The normalized spacial score (nSPS) is 20.1. The second-order valence-electron chi connectivity index (χ2n) is 6.77. The maximum Gasteiger partial charge on any atom is 0.232 e. The number of anilines is 1. The molecule has 0 aromatic heterocycles. The van der Waals surface area contributed by atoms with Crippen LogP contribution in [-0.4, -0.2) is 11.7 Å². The van der Waals surface area contributed by atoms with Gasteiger partial charge in [-0.25, -0.2) is 0 Å². The number of allylic oxidation sites excluding steroid dienone is 2. The Balaban J connectivity index is 1.85. The molecule has 1 amide bonds. The smallest absolute Gasteiger partial charge is 0.232 e. The lowest BCUT2D eigenvalue weighted by atomic mass is 9.77. The summed E-state index contributed by atoms with van der Waals surface area (Å²) < 4.78 is 0.968. The molecule has 0 N–H and O–H groups in total. The zero-order valence-electron chi connectivity index (χ0n) is 14.3. The number of Topliss-reactive ketones (excluding diaryl/α,β-unsaturated/α-hetero) is 1. The van der Waals surface area contributed by atoms with E-state index < -0.39 is 0 Å². The number of halogens is 3. The van der Waals surface area contributed by atoms with Crippen molar-refractivity contribution in [2.45, 2.75) is 31.6 Å². The molecule has 0 fully saturated rings. The summed E-state index contributed by atoms with van der Waals surface area (Å²) in [5.74, 6) is -0.107. The Morgan fingerprint density at radius 1 is 0.963 bits per heavy atom. The molecule has 1 heterocycles. The van der Waals surface area contributed by atoms with Gasteiger partial charge in [0.2, 0.25) is 5.91 Å². The monoisotopic (exact) mass is 463 g/mol. The van der Waals surface area contributed by atoms with E-state index in [1.165, 1.54) is 0 Å². The number of hydrogen-bond donors (Lipinski definition) is 0. The average Bonchev–Trinajstić information content (AvgIpc) is 2.64. The number of carbonyl (C=O) groups is 2. The molecular formula is C21H16BrCl2NO2. The first-order chi connectivity index (χ1) is 13.0. The van der Waals surface area contributed by atoms with Crippen LogP contribution in [0, 0.1) is 0 Å². The summed E-state index contributed by atoms with van der Waals surface area (Å²) in [6, 6.07) is 13.0. The third-order valence-corrected chi connectivity index (χ3v) is 6.38. The number of carbonyl (C=O) groups excluding carboxylic acids is 2. The number of benzene rings is 2. The number of hydrogen-bond acceptors (Lipinski definition) is 2. The van der Waals surface area contributed by atoms with Crippen molar-refractivity contribution in [3.8, 4) is 0 Å². The first-order valence-corrected chi connectivity index (χ1v) is 10.3. The van der Waals surface area contributed by atoms with E-state index in [2.05, 4.69) is 15.9 Å². The van der Waals surface area contributed by atoms with Crippen LogP contribution in [0.15, 0.2) is 58.2 Å². The van der Waals surface area contributed by atoms with Gasteiger partial charge in [-0.15, -0.1) is 0 Å². The van der Waals surface area contributed by atoms with Gasteiger partial charge in [-0.1, -0.05) is 51.3 Å². The van der Waals surface area contributed by atoms with Crippen LogP contribution in [0.4, 0.5) is 5.69 Å². The Morgan fingerprint density at radius 3 is 2.41 bits per heavy atom. The van der Waals surface area contributed by atoms with E-state index in [1.807, 2.05) is 24.3 Å². The average molecular weight is 465 g/mol. The number of ketones is 1. The predicted molar refractivity (Wildman–Crippen MR) is 111 cm³/mol. The summed E-state index contributed by atoms with van der Waals surface area (Å²) in [4.78, 5) is 27.6. The molecule has 0 radical (unpaired) electrons. The summed E-state index contributed by atoms with van der Waals surface area (Å²) in [6.45, 7) is 0. The van der Waals surface area contributed by atoms with Crippen molar-refractivity contribution in [1.29, 1.82) is 0 Å². The predicted octanol–water partition coefficient (Wildman–Crippen LogP) is 6.28. The Kier molecular flexibility index (Phi) is 5.15. The van der Waals surface area contributed by atoms with Crippen LogP contribution < -0.4 is 4.90 Å². The van der Waals surface area contributed by atoms with Crippen LogP contribution in [0.1, 0.15) is 37.2 Å². The lowest BCUT2D eigenvalue weighted by Gasteiger charge is -2.38. The fourth-order valence-corrected chi connectivity index (χ4v) is 4.45. The Bertz CT molecular complexity index is 969. The van der Waals surface area contributed by atoms with Crippen molar-refractivity contribution < 1.29 is 9.59 Å². The fourth-order valence-electron chi connectivity index (χ4n) is 3.90. The third kappa shape index (κ3) is 3.46. The van der Waals surface area contributed by atoms with Crippen LogP contribution in [0.5, 0.6) is 0 Å². The van der Waals surface area contributed by atoms with Gasteiger partial charge < -0.3 is 0 Å². The molecule has 4 rings (SSSR count). The van der Waals surface area contributed by atoms with Gasteiger partial charge in [-0.3, -0.25) is 14.5 Å². The molecule has 0 saturated heterocycles. The van der Waals surface area contributed by atoms with Gasteiger partial charge in [0.05, 0.1) is 15.7 Å². The van der Waals surface area contributed by atoms with E-state index >= 15 is 0 Å². The molecule has 1 atom stereocenters. The van der Waals surface area contributed by atoms with E-state index in [0.29, 0.717) is 28.6 Å². The SMILES string of the molecule is O=C1CCCC2=C1C(c1ccc(Br)cc1)CC(=O)N2c1ccc(Cl)c(Cl)c1. The third-order valence-electron chi connectivity index (χ3n) is 5.11. The van der Waals surface area contributed by atoms with Gasteiger partial charge in [-0.05, 0) is 48.7 Å². The first-order valence-electron chi connectivity index (χ1n) is 8.75. The molecule has 1 unspecified atom stereocenters. The van der Waals surface area contributed by atoms with E-state index in [4.69, 9.17) is 23.2 Å². The van der Waals surface area contributed by atoms with Crippen molar-refractivity contribution in [3.63, 3.8) is 0 Å². The van der Waals surface area contributed by atoms with Crippen LogP contribution in [-0.2, 0) is 9.59 Å². The summed E-state index contributed by atoms with van der Waals surface area (Å²) in [7, 11) is 0. The lowest BCUT2D eigenvalue weighted by molar-refractivity contribution is -0.119. The summed E-state index contributed by atoms with van der Waals surface area (Å²) in [5.41, 5.74) is 3.21. The van der Waals surface area contributed by atoms with Crippen LogP contribution in [0.25, 0.3) is 0 Å². The number of nitrogens with zero attached hydrogens (tertiary/aromatic N) is 1. The van der Waals surface area contributed by atoms with Crippen molar-refractivity contribution >= 4 is 56.5 Å². The largest absolute Gasteiger partial charge is 0.294 e. The van der Waals surface area contributed by atoms with E-state index in [0.717, 1.165) is 27.7 Å². The van der Waals surface area contributed by atoms with Crippen molar-refractivity contribution in [2.24, 2.45) is 0 Å². The highest BCUT2D eigenvalue weighted by Gasteiger charge is 2.39. The van der Waals surface area contributed by atoms with Gasteiger partial charge in [-0.2, -0.15) is 0 Å². The van der Waals surface area contributed by atoms with Gasteiger partial charge in [0.15, 0.2) is 5.78 Å². The molecule has 2 aromatic carbocycles. The van der Waals surface area contributed by atoms with Gasteiger partial charge in [0.25, 0.3) is 0 Å². The minimum absolute atomic E-state index is 0.0326. The zero-order chi connectivity index (χ0) is 19.1. The molecular weight excluding hydrogens is 449 g/mol. The van der Waals surface area contributed by atoms with Gasteiger partial charge in [0, 0.05) is 34.5 Å². The molecule has 6 heteroatoms. The maximum atomic E-state index is 13.1. The standard InChI is InChI=1S/C21H16BrCl2NO2/c22-13-6-4-12(5-7-13)15-11-20(27)25(14-8-9-16(23)17(24)10-14)18-2-1-3-19(26)21(15)18/h4-10,15H,1-3,11H2. The first kappa shape index (κ1) is 18.7. The number of rotatable bonds is 2. The molecule has 3 nitrogen and oxygen atoms in total. The molecule has 0 bridgehead atoms. The maximum absolute atomic E-state index is 13.1. The quantitative estimate of drug-likeness (QED) is 0.524. The summed E-state index contributed by atoms with van der Waals surface area (Å²) in [6.07, 6.45) is 2.22. The molecule has 0 spiro atoms. The molecule has 27 heavy (non-hydrogen) atoms. The van der Waals surface area contributed by atoms with Gasteiger partial charge >= 0.3 is 0 Å². The summed E-state index contributed by atoms with van der Waals surface area (Å²) in [5, 5.41) is 0.827. The molecule has 138 valence electrons. The number of amides is 1. The van der Waals surface area contributed by atoms with Crippen LogP contribution in [0.2, 0.25) is 10.0 Å². The minimum atomic E-state index is -0.201. The molecule has 1 aliphatic heterocycles. The van der Waals surface area contributed by atoms with Crippen molar-refractivity contribution in [3.05, 3.63) is 73.8 Å². The lowest BCUT2D eigenvalue weighted by Crippen LogP contribution is -2.40. The van der Waals surface area contributed by atoms with E-state index in [1.54, 1.807) is 23.1 Å². The van der Waals surface area contributed by atoms with Crippen LogP contribution >= 0.6 is 39.1 Å². The Labute approximate surface area is 176 Å². The second kappa shape index (κ2) is 7.42.